The van der Waals surface area contributed by atoms with Crippen LogP contribution >= 0.6 is 0 Å². The van der Waals surface area contributed by atoms with Gasteiger partial charge in [0.1, 0.15) is 5.75 Å². The summed E-state index contributed by atoms with van der Waals surface area (Å²) < 4.78 is 10.7. The van der Waals surface area contributed by atoms with Crippen LogP contribution in [0.3, 0.4) is 0 Å². The van der Waals surface area contributed by atoms with Gasteiger partial charge in [0.15, 0.2) is 0 Å². The van der Waals surface area contributed by atoms with Crippen LogP contribution < -0.4 is 10.5 Å². The summed E-state index contributed by atoms with van der Waals surface area (Å²) >= 11 is 0. The SMILES string of the molecule is CCOCCc1ccc(OC)c(CC(C)N)c1. The number of hydrogen-bond acceptors (Lipinski definition) is 3. The molecule has 0 saturated heterocycles. The number of hydrogen-bond donors (Lipinski definition) is 1. The van der Waals surface area contributed by atoms with Crippen molar-refractivity contribution >= 4 is 0 Å². The number of ether oxygens (including phenoxy) is 2. The van der Waals surface area contributed by atoms with E-state index in [2.05, 4.69) is 12.1 Å². The maximum Gasteiger partial charge on any atom is 0.122 e. The van der Waals surface area contributed by atoms with Crippen molar-refractivity contribution < 1.29 is 9.47 Å². The normalized spacial score (nSPS) is 12.5. The molecule has 0 fully saturated rings. The Morgan fingerprint density at radius 2 is 2.12 bits per heavy atom. The van der Waals surface area contributed by atoms with Crippen LogP contribution in [0.1, 0.15) is 25.0 Å². The van der Waals surface area contributed by atoms with Crippen molar-refractivity contribution in [2.75, 3.05) is 20.3 Å². The van der Waals surface area contributed by atoms with Crippen molar-refractivity contribution in [2.24, 2.45) is 5.73 Å². The molecule has 0 aliphatic carbocycles. The summed E-state index contributed by atoms with van der Waals surface area (Å²) in [6.45, 7) is 5.55. The number of rotatable bonds is 7. The quantitative estimate of drug-likeness (QED) is 0.739. The van der Waals surface area contributed by atoms with Crippen LogP contribution in [0.25, 0.3) is 0 Å². The van der Waals surface area contributed by atoms with Gasteiger partial charge < -0.3 is 15.2 Å². The highest BCUT2D eigenvalue weighted by atomic mass is 16.5. The van der Waals surface area contributed by atoms with Gasteiger partial charge in [-0.2, -0.15) is 0 Å². The zero-order valence-electron chi connectivity index (χ0n) is 11.0. The van der Waals surface area contributed by atoms with E-state index in [1.165, 1.54) is 11.1 Å². The predicted octanol–water partition coefficient (Wildman–Crippen LogP) is 2.16. The van der Waals surface area contributed by atoms with Gasteiger partial charge in [-0.15, -0.1) is 0 Å². The Hall–Kier alpha value is -1.06. The van der Waals surface area contributed by atoms with Gasteiger partial charge in [-0.05, 0) is 43.9 Å². The van der Waals surface area contributed by atoms with E-state index in [9.17, 15) is 0 Å². The van der Waals surface area contributed by atoms with Crippen molar-refractivity contribution in [3.8, 4) is 5.75 Å². The Balaban J connectivity index is 2.73. The molecule has 2 N–H and O–H groups in total. The molecule has 3 nitrogen and oxygen atoms in total. The van der Waals surface area contributed by atoms with Crippen LogP contribution in [0.4, 0.5) is 0 Å². The lowest BCUT2D eigenvalue weighted by Crippen LogP contribution is -2.18. The van der Waals surface area contributed by atoms with Gasteiger partial charge in [-0.25, -0.2) is 0 Å². The fourth-order valence-electron chi connectivity index (χ4n) is 1.83. The Bertz CT molecular complexity index is 337. The third kappa shape index (κ3) is 4.75. The second-order valence-electron chi connectivity index (χ2n) is 4.27. The van der Waals surface area contributed by atoms with Crippen molar-refractivity contribution in [1.82, 2.24) is 0 Å². The molecule has 1 unspecified atom stereocenters. The highest BCUT2D eigenvalue weighted by Gasteiger charge is 2.06. The maximum atomic E-state index is 5.84. The largest absolute Gasteiger partial charge is 0.496 e. The van der Waals surface area contributed by atoms with Crippen molar-refractivity contribution in [1.29, 1.82) is 0 Å². The summed E-state index contributed by atoms with van der Waals surface area (Å²) in [6, 6.07) is 6.41. The lowest BCUT2D eigenvalue weighted by molar-refractivity contribution is 0.151. The first kappa shape index (κ1) is 14.0. The van der Waals surface area contributed by atoms with E-state index in [0.29, 0.717) is 0 Å². The predicted molar refractivity (Wildman–Crippen MR) is 70.5 cm³/mol. The molecular formula is C14H23NO2. The summed E-state index contributed by atoms with van der Waals surface area (Å²) in [7, 11) is 1.69. The highest BCUT2D eigenvalue weighted by molar-refractivity contribution is 5.38. The molecule has 1 aromatic carbocycles. The third-order valence-corrected chi connectivity index (χ3v) is 2.63. The molecule has 17 heavy (non-hydrogen) atoms. The van der Waals surface area contributed by atoms with Crippen LogP contribution in [0.15, 0.2) is 18.2 Å². The molecule has 0 aliphatic rings. The van der Waals surface area contributed by atoms with Crippen LogP contribution in [-0.4, -0.2) is 26.4 Å². The van der Waals surface area contributed by atoms with E-state index in [4.69, 9.17) is 15.2 Å². The molecule has 1 atom stereocenters. The van der Waals surface area contributed by atoms with Gasteiger partial charge in [0, 0.05) is 12.6 Å². The molecule has 1 aromatic rings. The Morgan fingerprint density at radius 1 is 1.35 bits per heavy atom. The molecule has 3 heteroatoms. The van der Waals surface area contributed by atoms with E-state index < -0.39 is 0 Å². The van der Waals surface area contributed by atoms with Crippen LogP contribution in [-0.2, 0) is 17.6 Å². The Morgan fingerprint density at radius 3 is 2.71 bits per heavy atom. The lowest BCUT2D eigenvalue weighted by atomic mass is 10.0. The van der Waals surface area contributed by atoms with Crippen molar-refractivity contribution in [2.45, 2.75) is 32.7 Å². The third-order valence-electron chi connectivity index (χ3n) is 2.63. The number of nitrogens with two attached hydrogens (primary N) is 1. The fraction of sp³-hybridized carbons (Fsp3) is 0.571. The molecule has 0 amide bonds. The van der Waals surface area contributed by atoms with Crippen molar-refractivity contribution in [3.05, 3.63) is 29.3 Å². The molecule has 0 spiro atoms. The topological polar surface area (TPSA) is 44.5 Å². The summed E-state index contributed by atoms with van der Waals surface area (Å²) in [6.07, 6.45) is 1.77. The summed E-state index contributed by atoms with van der Waals surface area (Å²) in [5.41, 5.74) is 8.29. The Labute approximate surface area is 104 Å². The first-order chi connectivity index (χ1) is 8.17. The van der Waals surface area contributed by atoms with Crippen molar-refractivity contribution in [3.63, 3.8) is 0 Å². The second-order valence-corrected chi connectivity index (χ2v) is 4.27. The van der Waals surface area contributed by atoms with Crippen LogP contribution in [0, 0.1) is 0 Å². The summed E-state index contributed by atoms with van der Waals surface area (Å²) in [4.78, 5) is 0. The smallest absolute Gasteiger partial charge is 0.122 e. The molecule has 1 rings (SSSR count). The summed E-state index contributed by atoms with van der Waals surface area (Å²) in [5.74, 6) is 0.919. The van der Waals surface area contributed by atoms with Gasteiger partial charge in [-0.3, -0.25) is 0 Å². The zero-order valence-corrected chi connectivity index (χ0v) is 11.0. The number of methoxy groups -OCH3 is 1. The summed E-state index contributed by atoms with van der Waals surface area (Å²) in [5, 5.41) is 0. The zero-order chi connectivity index (χ0) is 12.7. The molecule has 0 aromatic heterocycles. The molecule has 0 heterocycles. The van der Waals surface area contributed by atoms with E-state index in [0.717, 1.165) is 31.8 Å². The van der Waals surface area contributed by atoms with E-state index in [1.807, 2.05) is 19.9 Å². The van der Waals surface area contributed by atoms with E-state index >= 15 is 0 Å². The Kier molecular flexibility index (Phi) is 6.01. The lowest BCUT2D eigenvalue weighted by Gasteiger charge is -2.12. The van der Waals surface area contributed by atoms with Crippen LogP contribution in [0.5, 0.6) is 5.75 Å². The van der Waals surface area contributed by atoms with Gasteiger partial charge in [0.2, 0.25) is 0 Å². The number of benzene rings is 1. The first-order valence-electron chi connectivity index (χ1n) is 6.16. The van der Waals surface area contributed by atoms with Gasteiger partial charge in [-0.1, -0.05) is 12.1 Å². The monoisotopic (exact) mass is 237 g/mol. The van der Waals surface area contributed by atoms with Crippen LogP contribution in [0.2, 0.25) is 0 Å². The van der Waals surface area contributed by atoms with E-state index in [1.54, 1.807) is 7.11 Å². The minimum Gasteiger partial charge on any atom is -0.496 e. The van der Waals surface area contributed by atoms with E-state index in [-0.39, 0.29) is 6.04 Å². The standard InChI is InChI=1S/C14H23NO2/c1-4-17-8-7-12-5-6-14(16-3)13(10-12)9-11(2)15/h5-6,10-11H,4,7-9,15H2,1-3H3. The fourth-order valence-corrected chi connectivity index (χ4v) is 1.83. The average Bonchev–Trinajstić information content (AvgIpc) is 2.29. The minimum absolute atomic E-state index is 0.144. The minimum atomic E-state index is 0.144. The van der Waals surface area contributed by atoms with Gasteiger partial charge >= 0.3 is 0 Å². The molecule has 0 radical (unpaired) electrons. The molecule has 0 aliphatic heterocycles. The molecular weight excluding hydrogens is 214 g/mol. The molecule has 0 saturated carbocycles. The highest BCUT2D eigenvalue weighted by Crippen LogP contribution is 2.21. The maximum absolute atomic E-state index is 5.84. The first-order valence-corrected chi connectivity index (χ1v) is 6.16. The van der Waals surface area contributed by atoms with Gasteiger partial charge in [0.05, 0.1) is 13.7 Å². The molecule has 96 valence electrons. The second kappa shape index (κ2) is 7.30. The average molecular weight is 237 g/mol. The van der Waals surface area contributed by atoms with Gasteiger partial charge in [0.25, 0.3) is 0 Å². The molecule has 0 bridgehead atoms.